The largest absolute Gasteiger partial charge is 0.480 e. The number of hydrogen-bond donors (Lipinski definition) is 17. The summed E-state index contributed by atoms with van der Waals surface area (Å²) in [6.45, 7) is 1.75. The zero-order valence-electron chi connectivity index (χ0n) is 37.6. The third kappa shape index (κ3) is 23.6. The van der Waals surface area contributed by atoms with Crippen LogP contribution in [0.4, 0.5) is 0 Å². The van der Waals surface area contributed by atoms with Crippen molar-refractivity contribution in [3.05, 3.63) is 18.2 Å². The van der Waals surface area contributed by atoms with E-state index in [1.54, 1.807) is 13.8 Å². The average Bonchev–Trinajstić information content (AvgIpc) is 3.77. The van der Waals surface area contributed by atoms with Gasteiger partial charge in [0.25, 0.3) is 0 Å². The lowest BCUT2D eigenvalue weighted by Gasteiger charge is -2.26. The number of aromatic amines is 1. The fourth-order valence-electron chi connectivity index (χ4n) is 6.03. The summed E-state index contributed by atoms with van der Waals surface area (Å²) in [5.41, 5.74) is 39.2. The molecule has 7 atom stereocenters. The molecule has 0 aliphatic heterocycles. The number of nitrogens with zero attached hydrogens (tertiary/aromatic N) is 3. The maximum Gasteiger partial charge on any atom is 0.326 e. The molecule has 0 radical (unpaired) electrons. The number of carbonyl (C=O) groups is 9. The molecule has 1 aromatic heterocycles. The number of guanidine groups is 2. The Morgan fingerprint density at radius 1 is 0.672 bits per heavy atom. The van der Waals surface area contributed by atoms with Gasteiger partial charge >= 0.3 is 5.97 Å². The molecule has 1 rings (SSSR count). The minimum Gasteiger partial charge on any atom is -0.480 e. The highest BCUT2D eigenvalue weighted by atomic mass is 16.4. The van der Waals surface area contributed by atoms with Crippen molar-refractivity contribution < 1.29 is 53.4 Å². The van der Waals surface area contributed by atoms with Gasteiger partial charge in [-0.3, -0.25) is 48.3 Å². The predicted octanol–water partition coefficient (Wildman–Crippen LogP) is -7.85. The Morgan fingerprint density at radius 2 is 1.15 bits per heavy atom. The number of primary amides is 1. The Morgan fingerprint density at radius 3 is 1.61 bits per heavy atom. The molecule has 0 aromatic carbocycles. The number of carbonyl (C=O) groups excluding carboxylic acids is 8. The van der Waals surface area contributed by atoms with Crippen LogP contribution in [-0.4, -0.2) is 160 Å². The molecule has 0 bridgehead atoms. The summed E-state index contributed by atoms with van der Waals surface area (Å²) in [6.07, 6.45) is 2.81. The highest BCUT2D eigenvalue weighted by molar-refractivity contribution is 5.98. The molecule has 67 heavy (non-hydrogen) atoms. The van der Waals surface area contributed by atoms with E-state index in [1.165, 1.54) is 12.5 Å². The van der Waals surface area contributed by atoms with Crippen LogP contribution in [0.15, 0.2) is 22.5 Å². The van der Waals surface area contributed by atoms with Gasteiger partial charge in [-0.25, -0.2) is 9.78 Å². The van der Waals surface area contributed by atoms with Crippen molar-refractivity contribution in [1.82, 2.24) is 47.2 Å². The SMILES string of the molecule is CC(C)[C@H](NC(=O)CNC(=O)[C@H](CCCCN)NC(=O)[C@H](CCCN=C(N)N)NC(=O)[C@H](CC(N)=O)NC(=O)[C@H](CO)NC(=O)[C@H](CCCN=C(N)N)NC(=O)[C@@H](N)Cc1cnc[nH]1)C(=O)O. The van der Waals surface area contributed by atoms with Crippen molar-refractivity contribution >= 4 is 65.1 Å². The topological polar surface area (TPSA) is 514 Å². The fraction of sp³-hybridized carbons (Fsp3) is 0.632. The smallest absolute Gasteiger partial charge is 0.326 e. The van der Waals surface area contributed by atoms with Crippen LogP contribution in [0.3, 0.4) is 0 Å². The Kier molecular flexibility index (Phi) is 26.7. The molecule has 1 heterocycles. The lowest BCUT2D eigenvalue weighted by Crippen LogP contribution is -2.60. The third-order valence-electron chi connectivity index (χ3n) is 9.59. The van der Waals surface area contributed by atoms with Gasteiger partial charge in [0.05, 0.1) is 31.9 Å². The van der Waals surface area contributed by atoms with Crippen LogP contribution in [0.5, 0.6) is 0 Å². The van der Waals surface area contributed by atoms with Crippen molar-refractivity contribution in [1.29, 1.82) is 0 Å². The second-order valence-corrected chi connectivity index (χ2v) is 15.6. The van der Waals surface area contributed by atoms with Crippen LogP contribution in [0.25, 0.3) is 0 Å². The number of carboxylic acid groups (broad SMARTS) is 1. The normalized spacial score (nSPS) is 14.0. The van der Waals surface area contributed by atoms with E-state index in [-0.39, 0.29) is 70.1 Å². The number of hydrogen-bond acceptors (Lipinski definition) is 15. The number of aromatic nitrogens is 2. The highest BCUT2D eigenvalue weighted by Crippen LogP contribution is 2.08. The van der Waals surface area contributed by atoms with Crippen LogP contribution < -0.4 is 77.4 Å². The molecule has 29 heteroatoms. The zero-order chi connectivity index (χ0) is 50.6. The van der Waals surface area contributed by atoms with Crippen molar-refractivity contribution in [3.63, 3.8) is 0 Å². The van der Waals surface area contributed by atoms with Crippen molar-refractivity contribution in [2.45, 2.75) is 114 Å². The quantitative estimate of drug-likeness (QED) is 0.0177. The predicted molar refractivity (Wildman–Crippen MR) is 241 cm³/mol. The number of H-pyrrole nitrogens is 1. The number of aliphatic carboxylic acids is 1. The standard InChI is InChI=1S/C38H68N18O11/c1-19(2)29(36(66)67)56-28(59)16-49-31(61)22(7-3-4-10-39)52-32(62)24(9-6-12-48-38(44)45)53-34(64)25(14-27(41)58)54-35(65)26(17-57)55-33(63)23(8-5-11-47-37(42)43)51-30(60)21(40)13-20-15-46-18-50-20/h15,18-19,21-26,29,57H,3-14,16-17,39-40H2,1-2H3,(H2,41,58)(H,46,50)(H,49,61)(H,51,60)(H,52,62)(H,53,64)(H,54,65)(H,55,63)(H,56,59)(H,66,67)(H4,42,43,47)(H4,44,45,48)/t21-,22-,23-,24-,25-,26-,29-/m0/s1. The van der Waals surface area contributed by atoms with Crippen molar-refractivity contribution in [2.75, 3.05) is 32.8 Å². The molecule has 0 aliphatic rings. The summed E-state index contributed by atoms with van der Waals surface area (Å²) in [5.74, 6) is -9.93. The van der Waals surface area contributed by atoms with E-state index >= 15 is 0 Å². The first-order valence-corrected chi connectivity index (χ1v) is 21.3. The maximum absolute atomic E-state index is 13.8. The monoisotopic (exact) mass is 953 g/mol. The minimum atomic E-state index is -1.80. The third-order valence-corrected chi connectivity index (χ3v) is 9.59. The van der Waals surface area contributed by atoms with Crippen LogP contribution in [0, 0.1) is 5.92 Å². The van der Waals surface area contributed by atoms with Crippen LogP contribution >= 0.6 is 0 Å². The number of amides is 8. The van der Waals surface area contributed by atoms with E-state index in [2.05, 4.69) is 57.2 Å². The Bertz CT molecular complexity index is 1860. The first-order valence-electron chi connectivity index (χ1n) is 21.3. The summed E-state index contributed by atoms with van der Waals surface area (Å²) < 4.78 is 0. The van der Waals surface area contributed by atoms with Gasteiger partial charge in [-0.1, -0.05) is 13.8 Å². The van der Waals surface area contributed by atoms with Crippen LogP contribution in [-0.2, 0) is 49.6 Å². The number of unbranched alkanes of at least 4 members (excludes halogenated alkanes) is 1. The number of aliphatic hydroxyl groups is 1. The van der Waals surface area contributed by atoms with Gasteiger partial charge in [0.15, 0.2) is 11.9 Å². The van der Waals surface area contributed by atoms with Crippen LogP contribution in [0.2, 0.25) is 0 Å². The number of carboxylic acids is 1. The number of nitrogens with two attached hydrogens (primary N) is 7. The summed E-state index contributed by atoms with van der Waals surface area (Å²) in [4.78, 5) is 132. The summed E-state index contributed by atoms with van der Waals surface area (Å²) in [6, 6.07) is -10.1. The molecule has 0 aliphatic carbocycles. The maximum atomic E-state index is 13.8. The molecule has 29 nitrogen and oxygen atoms in total. The minimum absolute atomic E-state index is 0.0161. The summed E-state index contributed by atoms with van der Waals surface area (Å²) in [5, 5.41) is 36.3. The van der Waals surface area contributed by atoms with Crippen LogP contribution in [0.1, 0.15) is 70.9 Å². The lowest BCUT2D eigenvalue weighted by atomic mass is 10.0. The van der Waals surface area contributed by atoms with Gasteiger partial charge in [-0.2, -0.15) is 0 Å². The van der Waals surface area contributed by atoms with Gasteiger partial charge in [0.2, 0.25) is 47.3 Å². The molecule has 1 aromatic rings. The molecule has 0 unspecified atom stereocenters. The second kappa shape index (κ2) is 30.9. The second-order valence-electron chi connectivity index (χ2n) is 15.6. The molecule has 8 amide bonds. The molecular formula is C38H68N18O11. The summed E-state index contributed by atoms with van der Waals surface area (Å²) in [7, 11) is 0. The zero-order valence-corrected chi connectivity index (χ0v) is 37.6. The summed E-state index contributed by atoms with van der Waals surface area (Å²) >= 11 is 0. The van der Waals surface area contributed by atoms with Crippen molar-refractivity contribution in [2.24, 2.45) is 56.0 Å². The van der Waals surface area contributed by atoms with E-state index in [4.69, 9.17) is 40.1 Å². The van der Waals surface area contributed by atoms with E-state index in [9.17, 15) is 53.4 Å². The molecular weight excluding hydrogens is 885 g/mol. The first kappa shape index (κ1) is 57.9. The highest BCUT2D eigenvalue weighted by Gasteiger charge is 2.34. The number of aliphatic imine (C=N–C) groups is 2. The van der Waals surface area contributed by atoms with Crippen molar-refractivity contribution in [3.8, 4) is 0 Å². The molecule has 0 spiro atoms. The number of rotatable bonds is 33. The van der Waals surface area contributed by atoms with E-state index in [0.29, 0.717) is 18.5 Å². The fourth-order valence-corrected chi connectivity index (χ4v) is 6.03. The number of imidazole rings is 1. The van der Waals surface area contributed by atoms with Gasteiger partial charge in [-0.05, 0) is 57.4 Å². The molecule has 0 saturated carbocycles. The Balaban J connectivity index is 3.31. The molecule has 24 N–H and O–H groups in total. The number of nitrogens with one attached hydrogen (secondary N) is 8. The average molecular weight is 953 g/mol. The Hall–Kier alpha value is -7.14. The first-order chi connectivity index (χ1) is 31.6. The molecule has 0 saturated heterocycles. The molecule has 0 fully saturated rings. The molecule has 376 valence electrons. The number of aliphatic hydroxyl groups excluding tert-OH is 1. The van der Waals surface area contributed by atoms with E-state index in [0.717, 1.165) is 0 Å². The van der Waals surface area contributed by atoms with E-state index in [1.807, 2.05) is 0 Å². The van der Waals surface area contributed by atoms with E-state index < -0.39 is 121 Å². The lowest BCUT2D eigenvalue weighted by molar-refractivity contribution is -0.143. The van der Waals surface area contributed by atoms with Gasteiger partial charge < -0.3 is 92.6 Å². The van der Waals surface area contributed by atoms with Gasteiger partial charge in [0, 0.05) is 31.4 Å². The van der Waals surface area contributed by atoms with Gasteiger partial charge in [-0.15, -0.1) is 0 Å². The van der Waals surface area contributed by atoms with Gasteiger partial charge in [0.1, 0.15) is 36.3 Å². The Labute approximate surface area is 386 Å².